The zero-order valence-corrected chi connectivity index (χ0v) is 25.3. The minimum Gasteiger partial charge on any atom is -0.444 e. The van der Waals surface area contributed by atoms with Crippen LogP contribution in [0.5, 0.6) is 0 Å². The smallest absolute Gasteiger partial charge is 0.408 e. The molecule has 0 aromatic rings. The summed E-state index contributed by atoms with van der Waals surface area (Å²) < 4.78 is 32.5. The number of likely N-dealkylation sites (tertiary alicyclic amines) is 1. The Morgan fingerprint density at radius 3 is 2.16 bits per heavy atom. The Bertz CT molecular complexity index is 961. The van der Waals surface area contributed by atoms with E-state index in [0.29, 0.717) is 38.6 Å². The maximum atomic E-state index is 13.3. The Hall–Kier alpha value is -2.37. The SMILES string of the molecule is CCCC(C)(CC)S(=O)(=O)NC(=O)C(NC(=O)[C@@H]1CCCN1C(=O)CNC(=O)OC(C)(C)C)C(C)C(C)C. The molecule has 4 atom stereocenters. The van der Waals surface area contributed by atoms with E-state index in [0.717, 1.165) is 0 Å². The van der Waals surface area contributed by atoms with Gasteiger partial charge in [0.15, 0.2) is 0 Å². The average molecular weight is 561 g/mol. The second-order valence-electron chi connectivity index (χ2n) is 11.7. The van der Waals surface area contributed by atoms with Crippen LogP contribution in [0.4, 0.5) is 4.79 Å². The molecule has 0 spiro atoms. The van der Waals surface area contributed by atoms with Crippen molar-refractivity contribution >= 4 is 33.8 Å². The lowest BCUT2D eigenvalue weighted by molar-refractivity contribution is -0.139. The number of carbonyl (C=O) groups excluding carboxylic acids is 4. The zero-order chi connectivity index (χ0) is 29.5. The zero-order valence-electron chi connectivity index (χ0n) is 24.5. The number of rotatable bonds is 12. The van der Waals surface area contributed by atoms with Gasteiger partial charge in [-0.25, -0.2) is 13.2 Å². The van der Waals surface area contributed by atoms with Gasteiger partial charge in [-0.2, -0.15) is 0 Å². The summed E-state index contributed by atoms with van der Waals surface area (Å²) in [6.07, 6.45) is 1.58. The summed E-state index contributed by atoms with van der Waals surface area (Å²) in [5.74, 6) is -2.20. The first-order valence-electron chi connectivity index (χ1n) is 13.5. The van der Waals surface area contributed by atoms with Gasteiger partial charge < -0.3 is 20.3 Å². The van der Waals surface area contributed by atoms with E-state index >= 15 is 0 Å². The van der Waals surface area contributed by atoms with E-state index in [4.69, 9.17) is 4.74 Å². The Morgan fingerprint density at radius 1 is 1.05 bits per heavy atom. The molecule has 1 heterocycles. The van der Waals surface area contributed by atoms with E-state index in [9.17, 15) is 27.6 Å². The van der Waals surface area contributed by atoms with Gasteiger partial charge in [-0.05, 0) is 65.2 Å². The molecule has 4 amide bonds. The molecule has 0 aliphatic carbocycles. The van der Waals surface area contributed by atoms with Crippen LogP contribution in [-0.4, -0.2) is 72.7 Å². The van der Waals surface area contributed by atoms with Crippen molar-refractivity contribution in [2.75, 3.05) is 13.1 Å². The highest BCUT2D eigenvalue weighted by atomic mass is 32.2. The maximum Gasteiger partial charge on any atom is 0.408 e. The second kappa shape index (κ2) is 13.6. The number of nitrogens with zero attached hydrogens (tertiary/aromatic N) is 1. The fourth-order valence-corrected chi connectivity index (χ4v) is 5.81. The Morgan fingerprint density at radius 2 is 1.66 bits per heavy atom. The molecule has 0 radical (unpaired) electrons. The van der Waals surface area contributed by atoms with E-state index < -0.39 is 56.3 Å². The second-order valence-corrected chi connectivity index (χ2v) is 13.9. The highest BCUT2D eigenvalue weighted by molar-refractivity contribution is 7.91. The van der Waals surface area contributed by atoms with Crippen LogP contribution in [0.15, 0.2) is 0 Å². The van der Waals surface area contributed by atoms with Gasteiger partial charge in [0.25, 0.3) is 5.91 Å². The summed E-state index contributed by atoms with van der Waals surface area (Å²) in [4.78, 5) is 52.7. The van der Waals surface area contributed by atoms with Crippen molar-refractivity contribution in [3.63, 3.8) is 0 Å². The highest BCUT2D eigenvalue weighted by Gasteiger charge is 2.42. The average Bonchev–Trinajstić information content (AvgIpc) is 3.29. The van der Waals surface area contributed by atoms with Gasteiger partial charge in [0, 0.05) is 6.54 Å². The minimum atomic E-state index is -4.01. The number of amides is 4. The molecule has 1 aliphatic rings. The molecule has 1 fully saturated rings. The van der Waals surface area contributed by atoms with Gasteiger partial charge in [-0.3, -0.25) is 19.1 Å². The Kier molecular flexibility index (Phi) is 12.1. The minimum absolute atomic E-state index is 0.0405. The van der Waals surface area contributed by atoms with Crippen molar-refractivity contribution in [3.05, 3.63) is 0 Å². The number of alkyl carbamates (subject to hydrolysis) is 1. The lowest BCUT2D eigenvalue weighted by atomic mass is 9.89. The molecule has 1 rings (SSSR count). The predicted octanol–water partition coefficient (Wildman–Crippen LogP) is 2.69. The van der Waals surface area contributed by atoms with Crippen molar-refractivity contribution in [3.8, 4) is 0 Å². The topological polar surface area (TPSA) is 151 Å². The number of sulfonamides is 1. The summed E-state index contributed by atoms with van der Waals surface area (Å²) in [5.41, 5.74) is -0.718. The molecule has 38 heavy (non-hydrogen) atoms. The van der Waals surface area contributed by atoms with Crippen LogP contribution in [0.25, 0.3) is 0 Å². The quantitative estimate of drug-likeness (QED) is 0.332. The maximum absolute atomic E-state index is 13.3. The third kappa shape index (κ3) is 9.13. The third-order valence-electron chi connectivity index (χ3n) is 7.23. The van der Waals surface area contributed by atoms with Crippen LogP contribution in [0.2, 0.25) is 0 Å². The molecule has 0 bridgehead atoms. The van der Waals surface area contributed by atoms with E-state index in [-0.39, 0.29) is 18.4 Å². The number of hydrogen-bond acceptors (Lipinski definition) is 7. The summed E-state index contributed by atoms with van der Waals surface area (Å²) in [7, 11) is -4.01. The van der Waals surface area contributed by atoms with Gasteiger partial charge in [-0.15, -0.1) is 0 Å². The summed E-state index contributed by atoms with van der Waals surface area (Å²) >= 11 is 0. The number of hydrogen-bond donors (Lipinski definition) is 3. The molecule has 3 unspecified atom stereocenters. The molecule has 12 heteroatoms. The van der Waals surface area contributed by atoms with Gasteiger partial charge >= 0.3 is 6.09 Å². The van der Waals surface area contributed by atoms with Crippen LogP contribution in [0.1, 0.15) is 94.4 Å². The summed E-state index contributed by atoms with van der Waals surface area (Å²) in [6, 6.07) is -1.95. The number of carbonyl (C=O) groups is 4. The molecule has 3 N–H and O–H groups in total. The first-order chi connectivity index (χ1) is 17.4. The van der Waals surface area contributed by atoms with Crippen molar-refractivity contribution in [2.45, 2.75) is 117 Å². The lowest BCUT2D eigenvalue weighted by Crippen LogP contribution is -2.58. The largest absolute Gasteiger partial charge is 0.444 e. The monoisotopic (exact) mass is 560 g/mol. The molecule has 1 aliphatic heterocycles. The van der Waals surface area contributed by atoms with Gasteiger partial charge in [0.1, 0.15) is 24.2 Å². The molecule has 220 valence electrons. The Labute approximate surface area is 228 Å². The highest BCUT2D eigenvalue weighted by Crippen LogP contribution is 2.27. The summed E-state index contributed by atoms with van der Waals surface area (Å²) in [5, 5.41) is 5.13. The molecule has 1 saturated heterocycles. The van der Waals surface area contributed by atoms with Crippen molar-refractivity contribution < 1.29 is 32.3 Å². The molecular formula is C26H48N4O7S. The van der Waals surface area contributed by atoms with Crippen LogP contribution in [0.3, 0.4) is 0 Å². The predicted molar refractivity (Wildman–Crippen MR) is 146 cm³/mol. The number of nitrogens with one attached hydrogen (secondary N) is 3. The van der Waals surface area contributed by atoms with E-state index in [1.807, 2.05) is 20.8 Å². The fraction of sp³-hybridized carbons (Fsp3) is 0.846. The molecule has 0 saturated carbocycles. The first-order valence-corrected chi connectivity index (χ1v) is 15.0. The molecular weight excluding hydrogens is 512 g/mol. The van der Waals surface area contributed by atoms with E-state index in [1.165, 1.54) is 4.90 Å². The van der Waals surface area contributed by atoms with Crippen LogP contribution < -0.4 is 15.4 Å². The van der Waals surface area contributed by atoms with Crippen molar-refractivity contribution in [1.29, 1.82) is 0 Å². The lowest BCUT2D eigenvalue weighted by Gasteiger charge is -2.32. The normalized spacial score (nSPS) is 19.3. The molecule has 0 aromatic carbocycles. The van der Waals surface area contributed by atoms with E-state index in [1.54, 1.807) is 41.5 Å². The van der Waals surface area contributed by atoms with Crippen molar-refractivity contribution in [2.24, 2.45) is 11.8 Å². The number of ether oxygens (including phenoxy) is 1. The first kappa shape index (κ1) is 33.7. The standard InChI is InChI=1S/C26H48N4O7S/c1-10-14-26(9,11-2)38(35,36)29-23(33)21(18(5)17(3)4)28-22(32)19-13-12-15-30(19)20(31)16-27-24(34)37-25(6,7)8/h17-19,21H,10-16H2,1-9H3,(H,27,34)(H,28,32)(H,29,33)/t18?,19-,21?,26?/m0/s1. The van der Waals surface area contributed by atoms with Gasteiger partial charge in [0.2, 0.25) is 21.8 Å². The Balaban J connectivity index is 3.02. The third-order valence-corrected chi connectivity index (χ3v) is 9.49. The van der Waals surface area contributed by atoms with Gasteiger partial charge in [0.05, 0.1) is 4.75 Å². The van der Waals surface area contributed by atoms with E-state index in [2.05, 4.69) is 15.4 Å². The molecule has 0 aromatic heterocycles. The summed E-state index contributed by atoms with van der Waals surface area (Å²) in [6.45, 7) is 15.9. The van der Waals surface area contributed by atoms with Crippen LogP contribution in [-0.2, 0) is 29.1 Å². The van der Waals surface area contributed by atoms with Crippen LogP contribution >= 0.6 is 0 Å². The molecule has 11 nitrogen and oxygen atoms in total. The van der Waals surface area contributed by atoms with Gasteiger partial charge in [-0.1, -0.05) is 41.0 Å². The van der Waals surface area contributed by atoms with Crippen molar-refractivity contribution in [1.82, 2.24) is 20.3 Å². The van der Waals surface area contributed by atoms with Crippen LogP contribution in [0, 0.1) is 11.8 Å². The fourth-order valence-electron chi connectivity index (χ4n) is 4.32.